The van der Waals surface area contributed by atoms with Crippen molar-refractivity contribution < 1.29 is 0 Å². The molecule has 5 heteroatoms. The number of nitrogens with zero attached hydrogens (tertiary/aromatic N) is 2. The van der Waals surface area contributed by atoms with Crippen molar-refractivity contribution in [3.8, 4) is 0 Å². The Morgan fingerprint density at radius 1 is 1.33 bits per heavy atom. The molecule has 0 spiro atoms. The molecule has 0 amide bonds. The number of hydrazine groups is 1. The molecule has 2 heterocycles. The minimum atomic E-state index is 0.174. The van der Waals surface area contributed by atoms with E-state index >= 15 is 0 Å². The minimum Gasteiger partial charge on any atom is -0.297 e. The van der Waals surface area contributed by atoms with Crippen LogP contribution in [-0.2, 0) is 11.8 Å². The van der Waals surface area contributed by atoms with Gasteiger partial charge in [-0.1, -0.05) is 30.3 Å². The number of hydrogen-bond donors (Lipinski definition) is 2. The molecule has 2 aromatic heterocycles. The summed E-state index contributed by atoms with van der Waals surface area (Å²) in [7, 11) is 0. The fourth-order valence-corrected chi connectivity index (χ4v) is 3.96. The maximum atomic E-state index is 5.87. The lowest BCUT2D eigenvalue weighted by atomic mass is 9.86. The van der Waals surface area contributed by atoms with Gasteiger partial charge >= 0.3 is 0 Å². The van der Waals surface area contributed by atoms with E-state index in [1.807, 2.05) is 6.20 Å². The van der Waals surface area contributed by atoms with Crippen molar-refractivity contribution in [1.29, 1.82) is 0 Å². The standard InChI is InChI=1S/C16H18N4S/c17-19-14(10-13-11-20-8-9-21-15(20)18-13)16(6-7-16)12-4-2-1-3-5-12/h1-5,8-9,11,14,19H,6-7,10,17H2. The Kier molecular flexibility index (Phi) is 3.06. The van der Waals surface area contributed by atoms with Gasteiger partial charge in [0.15, 0.2) is 4.96 Å². The molecular formula is C16H18N4S. The Labute approximate surface area is 127 Å². The van der Waals surface area contributed by atoms with Gasteiger partial charge in [0.2, 0.25) is 0 Å². The number of thiazole rings is 1. The molecule has 1 saturated carbocycles. The lowest BCUT2D eigenvalue weighted by Crippen LogP contribution is -2.45. The number of nitrogens with two attached hydrogens (primary N) is 1. The molecule has 1 aliphatic rings. The van der Waals surface area contributed by atoms with Crippen LogP contribution in [0.1, 0.15) is 24.1 Å². The van der Waals surface area contributed by atoms with Gasteiger partial charge in [0.1, 0.15) is 0 Å². The number of benzene rings is 1. The summed E-state index contributed by atoms with van der Waals surface area (Å²) in [4.78, 5) is 5.73. The Balaban J connectivity index is 1.61. The van der Waals surface area contributed by atoms with Crippen molar-refractivity contribution in [3.05, 3.63) is 59.4 Å². The van der Waals surface area contributed by atoms with Crippen molar-refractivity contribution in [2.24, 2.45) is 5.84 Å². The van der Waals surface area contributed by atoms with E-state index in [1.54, 1.807) is 11.3 Å². The van der Waals surface area contributed by atoms with Crippen molar-refractivity contribution in [3.63, 3.8) is 0 Å². The van der Waals surface area contributed by atoms with Crippen LogP contribution in [0.25, 0.3) is 4.96 Å². The number of nitrogens with one attached hydrogen (secondary N) is 1. The maximum absolute atomic E-state index is 5.87. The third kappa shape index (κ3) is 2.18. The highest BCUT2D eigenvalue weighted by Crippen LogP contribution is 2.51. The molecule has 3 N–H and O–H groups in total. The van der Waals surface area contributed by atoms with Crippen LogP contribution in [-0.4, -0.2) is 15.4 Å². The number of hydrogen-bond acceptors (Lipinski definition) is 4. The van der Waals surface area contributed by atoms with E-state index in [2.05, 4.69) is 56.7 Å². The molecule has 1 atom stereocenters. The third-order valence-electron chi connectivity index (χ3n) is 4.56. The van der Waals surface area contributed by atoms with Crippen molar-refractivity contribution in [2.75, 3.05) is 0 Å². The molecule has 1 unspecified atom stereocenters. The molecule has 4 rings (SSSR count). The number of fused-ring (bicyclic) bond motifs is 1. The van der Waals surface area contributed by atoms with E-state index in [0.29, 0.717) is 0 Å². The molecular weight excluding hydrogens is 280 g/mol. The normalized spacial score (nSPS) is 18.0. The fourth-order valence-electron chi connectivity index (χ4n) is 3.24. The van der Waals surface area contributed by atoms with E-state index in [9.17, 15) is 0 Å². The summed E-state index contributed by atoms with van der Waals surface area (Å²) in [6, 6.07) is 10.9. The van der Waals surface area contributed by atoms with Crippen LogP contribution in [0.5, 0.6) is 0 Å². The van der Waals surface area contributed by atoms with Gasteiger partial charge in [-0.15, -0.1) is 11.3 Å². The summed E-state index contributed by atoms with van der Waals surface area (Å²) in [5.74, 6) is 5.87. The first-order chi connectivity index (χ1) is 10.3. The Bertz CT molecular complexity index is 713. The largest absolute Gasteiger partial charge is 0.297 e. The highest BCUT2D eigenvalue weighted by atomic mass is 32.1. The van der Waals surface area contributed by atoms with Crippen LogP contribution in [0.4, 0.5) is 0 Å². The zero-order chi connectivity index (χ0) is 14.3. The van der Waals surface area contributed by atoms with Gasteiger partial charge in [0.05, 0.1) is 5.69 Å². The molecule has 4 nitrogen and oxygen atoms in total. The predicted octanol–water partition coefficient (Wildman–Crippen LogP) is 2.50. The second-order valence-corrected chi connectivity index (χ2v) is 6.64. The van der Waals surface area contributed by atoms with Crippen LogP contribution in [0.2, 0.25) is 0 Å². The van der Waals surface area contributed by atoms with Gasteiger partial charge in [-0.25, -0.2) is 4.98 Å². The summed E-state index contributed by atoms with van der Waals surface area (Å²) in [6.07, 6.45) is 7.39. The molecule has 1 fully saturated rings. The summed E-state index contributed by atoms with van der Waals surface area (Å²) >= 11 is 1.66. The lowest BCUT2D eigenvalue weighted by molar-refractivity contribution is 0.418. The number of rotatable bonds is 5. The van der Waals surface area contributed by atoms with Crippen LogP contribution < -0.4 is 11.3 Å². The minimum absolute atomic E-state index is 0.174. The maximum Gasteiger partial charge on any atom is 0.193 e. The molecule has 108 valence electrons. The highest BCUT2D eigenvalue weighted by molar-refractivity contribution is 7.15. The highest BCUT2D eigenvalue weighted by Gasteiger charge is 2.50. The Hall–Kier alpha value is -1.69. The SMILES string of the molecule is NNC(Cc1cn2ccsc2n1)C1(c2ccccc2)CC1. The number of imidazole rings is 1. The predicted molar refractivity (Wildman–Crippen MR) is 85.2 cm³/mol. The average molecular weight is 298 g/mol. The van der Waals surface area contributed by atoms with Gasteiger partial charge in [-0.05, 0) is 18.4 Å². The topological polar surface area (TPSA) is 55.3 Å². The van der Waals surface area contributed by atoms with Crippen LogP contribution in [0.3, 0.4) is 0 Å². The van der Waals surface area contributed by atoms with Crippen LogP contribution in [0.15, 0.2) is 48.1 Å². The molecule has 1 aromatic carbocycles. The monoisotopic (exact) mass is 298 g/mol. The Morgan fingerprint density at radius 2 is 2.14 bits per heavy atom. The fraction of sp³-hybridized carbons (Fsp3) is 0.312. The van der Waals surface area contributed by atoms with E-state index in [-0.39, 0.29) is 11.5 Å². The summed E-state index contributed by atoms with van der Waals surface area (Å²) in [5, 5.41) is 2.05. The van der Waals surface area contributed by atoms with Gasteiger partial charge in [-0.3, -0.25) is 15.7 Å². The van der Waals surface area contributed by atoms with Crippen LogP contribution >= 0.6 is 11.3 Å². The molecule has 0 aliphatic heterocycles. The van der Waals surface area contributed by atoms with E-state index in [0.717, 1.165) is 17.1 Å². The van der Waals surface area contributed by atoms with Crippen molar-refractivity contribution >= 4 is 16.3 Å². The molecule has 0 radical (unpaired) electrons. The molecule has 21 heavy (non-hydrogen) atoms. The summed E-state index contributed by atoms with van der Waals surface area (Å²) < 4.78 is 2.08. The third-order valence-corrected chi connectivity index (χ3v) is 5.33. The van der Waals surface area contributed by atoms with Gasteiger partial charge in [0.25, 0.3) is 0 Å². The molecule has 0 saturated heterocycles. The van der Waals surface area contributed by atoms with E-state index in [4.69, 9.17) is 5.84 Å². The van der Waals surface area contributed by atoms with Gasteiger partial charge in [0, 0.05) is 35.7 Å². The summed E-state index contributed by atoms with van der Waals surface area (Å²) in [5.41, 5.74) is 5.70. The molecule has 1 aliphatic carbocycles. The number of aromatic nitrogens is 2. The van der Waals surface area contributed by atoms with E-state index in [1.165, 1.54) is 18.4 Å². The first-order valence-electron chi connectivity index (χ1n) is 7.24. The van der Waals surface area contributed by atoms with Crippen molar-refractivity contribution in [2.45, 2.75) is 30.7 Å². The quantitative estimate of drug-likeness (QED) is 0.562. The molecule has 0 bridgehead atoms. The van der Waals surface area contributed by atoms with Crippen LogP contribution in [0, 0.1) is 0 Å². The second-order valence-electron chi connectivity index (χ2n) is 5.77. The van der Waals surface area contributed by atoms with Gasteiger partial charge < -0.3 is 0 Å². The smallest absolute Gasteiger partial charge is 0.193 e. The first-order valence-corrected chi connectivity index (χ1v) is 8.12. The Morgan fingerprint density at radius 3 is 2.81 bits per heavy atom. The zero-order valence-corrected chi connectivity index (χ0v) is 12.5. The molecule has 3 aromatic rings. The first kappa shape index (κ1) is 13.0. The van der Waals surface area contributed by atoms with E-state index < -0.39 is 0 Å². The average Bonchev–Trinajstić information content (AvgIpc) is 3.06. The van der Waals surface area contributed by atoms with Crippen molar-refractivity contribution in [1.82, 2.24) is 14.8 Å². The zero-order valence-electron chi connectivity index (χ0n) is 11.7. The second kappa shape index (κ2) is 4.94. The lowest BCUT2D eigenvalue weighted by Gasteiger charge is -2.26. The summed E-state index contributed by atoms with van der Waals surface area (Å²) in [6.45, 7) is 0. The van der Waals surface area contributed by atoms with Gasteiger partial charge in [-0.2, -0.15) is 0 Å².